The lowest BCUT2D eigenvalue weighted by atomic mass is 10.0. The van der Waals surface area contributed by atoms with E-state index < -0.39 is 22.2 Å². The van der Waals surface area contributed by atoms with Crippen LogP contribution in [0.2, 0.25) is 0 Å². The Morgan fingerprint density at radius 3 is 2.66 bits per heavy atom. The zero-order valence-electron chi connectivity index (χ0n) is 19.0. The van der Waals surface area contributed by atoms with Crippen LogP contribution in [0.1, 0.15) is 45.1 Å². The highest BCUT2D eigenvalue weighted by Gasteiger charge is 2.39. The summed E-state index contributed by atoms with van der Waals surface area (Å²) >= 11 is 0. The summed E-state index contributed by atoms with van der Waals surface area (Å²) in [5.74, 6) is 7.04. The average molecular weight is 461 g/mol. The Kier molecular flexibility index (Phi) is 6.53. The fourth-order valence-electron chi connectivity index (χ4n) is 3.94. The Morgan fingerprint density at radius 1 is 1.31 bits per heavy atom. The van der Waals surface area contributed by atoms with E-state index in [4.69, 9.17) is 4.74 Å². The number of rotatable bonds is 5. The van der Waals surface area contributed by atoms with Crippen LogP contribution in [0.25, 0.3) is 0 Å². The smallest absolute Gasteiger partial charge is 0.247 e. The van der Waals surface area contributed by atoms with E-state index in [1.54, 1.807) is 37.1 Å². The van der Waals surface area contributed by atoms with Crippen molar-refractivity contribution < 1.29 is 23.1 Å². The maximum atomic E-state index is 13.5. The molecule has 7 nitrogen and oxygen atoms in total. The molecule has 32 heavy (non-hydrogen) atoms. The van der Waals surface area contributed by atoms with Crippen molar-refractivity contribution in [3.8, 4) is 17.6 Å². The van der Waals surface area contributed by atoms with Crippen LogP contribution >= 0.6 is 0 Å². The summed E-state index contributed by atoms with van der Waals surface area (Å²) in [7, 11) is -2.10. The van der Waals surface area contributed by atoms with E-state index in [1.165, 1.54) is 4.31 Å². The maximum absolute atomic E-state index is 13.5. The first-order valence-electron chi connectivity index (χ1n) is 11.4. The summed E-state index contributed by atoms with van der Waals surface area (Å²) in [4.78, 5) is 14.3. The Hall–Kier alpha value is -2.08. The predicted octanol–water partition coefficient (Wildman–Crippen LogP) is 2.09. The van der Waals surface area contributed by atoms with Crippen molar-refractivity contribution in [2.24, 2.45) is 17.8 Å². The molecular formula is C24H32N2O5S. The predicted molar refractivity (Wildman–Crippen MR) is 120 cm³/mol. The second-order valence-electron chi connectivity index (χ2n) is 9.44. The minimum absolute atomic E-state index is 0.0721. The monoisotopic (exact) mass is 460 g/mol. The lowest BCUT2D eigenvalue weighted by Gasteiger charge is -2.37. The van der Waals surface area contributed by atoms with Crippen LogP contribution in [-0.2, 0) is 14.8 Å². The third-order valence-corrected chi connectivity index (χ3v) is 8.44. The number of carbonyl (C=O) groups excluding carboxylic acids is 1. The number of benzene rings is 1. The van der Waals surface area contributed by atoms with Crippen LogP contribution in [0.5, 0.6) is 5.75 Å². The Labute approximate surface area is 190 Å². The zero-order chi connectivity index (χ0) is 23.0. The summed E-state index contributed by atoms with van der Waals surface area (Å²) in [6.45, 7) is 3.91. The van der Waals surface area contributed by atoms with Crippen LogP contribution in [-0.4, -0.2) is 67.5 Å². The number of sulfonamides is 1. The van der Waals surface area contributed by atoms with Gasteiger partial charge in [0.05, 0.1) is 13.2 Å². The number of hydrogen-bond donors (Lipinski definition) is 1. The molecule has 0 spiro atoms. The second-order valence-corrected chi connectivity index (χ2v) is 11.3. The number of amides is 1. The average Bonchev–Trinajstić information content (AvgIpc) is 3.67. The molecule has 1 heterocycles. The van der Waals surface area contributed by atoms with Gasteiger partial charge >= 0.3 is 0 Å². The topological polar surface area (TPSA) is 87.2 Å². The fraction of sp³-hybridized carbons (Fsp3) is 0.625. The van der Waals surface area contributed by atoms with E-state index in [-0.39, 0.29) is 41.5 Å². The van der Waals surface area contributed by atoms with Crippen LogP contribution in [0.4, 0.5) is 0 Å². The zero-order valence-corrected chi connectivity index (χ0v) is 19.8. The molecule has 1 aromatic carbocycles. The van der Waals surface area contributed by atoms with E-state index in [2.05, 4.69) is 11.8 Å². The van der Waals surface area contributed by atoms with Crippen molar-refractivity contribution in [3.05, 3.63) is 23.8 Å². The van der Waals surface area contributed by atoms with Gasteiger partial charge in [0.15, 0.2) is 0 Å². The van der Waals surface area contributed by atoms with E-state index in [9.17, 15) is 18.3 Å². The summed E-state index contributed by atoms with van der Waals surface area (Å²) in [5.41, 5.74) is 0.710. The fourth-order valence-corrected chi connectivity index (χ4v) is 5.76. The van der Waals surface area contributed by atoms with Gasteiger partial charge in [0.2, 0.25) is 15.9 Å². The van der Waals surface area contributed by atoms with Gasteiger partial charge < -0.3 is 14.7 Å². The molecule has 0 unspecified atom stereocenters. The summed E-state index contributed by atoms with van der Waals surface area (Å²) in [5, 5.41) is 9.73. The highest BCUT2D eigenvalue weighted by atomic mass is 32.2. The van der Waals surface area contributed by atoms with E-state index in [1.807, 2.05) is 6.92 Å². The summed E-state index contributed by atoms with van der Waals surface area (Å²) in [6, 6.07) is 4.37. The third-order valence-electron chi connectivity index (χ3n) is 6.42. The van der Waals surface area contributed by atoms with Crippen molar-refractivity contribution in [3.63, 3.8) is 0 Å². The van der Waals surface area contributed by atoms with Gasteiger partial charge in [-0.25, -0.2) is 8.42 Å². The van der Waals surface area contributed by atoms with Gasteiger partial charge in [-0.05, 0) is 50.8 Å². The molecule has 1 N–H and O–H groups in total. The largest absolute Gasteiger partial charge is 0.487 e. The number of likely N-dealkylation sites (N-methyl/N-ethyl adjacent to an activating group) is 1. The first kappa shape index (κ1) is 23.1. The van der Waals surface area contributed by atoms with Gasteiger partial charge in [-0.1, -0.05) is 18.8 Å². The number of carbonyl (C=O) groups is 1. The molecule has 0 bridgehead atoms. The van der Waals surface area contributed by atoms with Crippen molar-refractivity contribution in [1.82, 2.24) is 9.21 Å². The molecule has 1 aliphatic heterocycles. The van der Waals surface area contributed by atoms with E-state index in [0.717, 1.165) is 25.7 Å². The number of aliphatic hydroxyl groups is 1. The number of aliphatic hydroxyl groups excluding tert-OH is 1. The summed E-state index contributed by atoms with van der Waals surface area (Å²) < 4.78 is 34.6. The molecule has 8 heteroatoms. The second kappa shape index (κ2) is 9.05. The number of hydrogen-bond acceptors (Lipinski definition) is 5. The molecule has 0 aromatic heterocycles. The Bertz CT molecular complexity index is 1040. The number of nitrogens with zero attached hydrogens (tertiary/aromatic N) is 2. The van der Waals surface area contributed by atoms with Gasteiger partial charge in [-0.3, -0.25) is 4.79 Å². The molecule has 2 aliphatic carbocycles. The normalized spacial score (nSPS) is 25.9. The molecule has 174 valence electrons. The molecule has 0 radical (unpaired) electrons. The van der Waals surface area contributed by atoms with Crippen molar-refractivity contribution >= 4 is 15.9 Å². The highest BCUT2D eigenvalue weighted by Crippen LogP contribution is 2.35. The standard InChI is InChI=1S/C24H32N2O5S/c1-16-13-26(17(2)15-27)32(29,30)23-11-8-19(7-6-18-4-5-18)12-21(23)31-22(16)14-25(3)24(28)20-9-10-20/h8,11-12,16-18,20,22,27H,4-5,9-10,13-15H2,1-3H3/t16-,17-,22+/m0/s1. The Morgan fingerprint density at radius 2 is 2.03 bits per heavy atom. The Balaban J connectivity index is 1.70. The van der Waals surface area contributed by atoms with Crippen LogP contribution in [0, 0.1) is 29.6 Å². The molecule has 1 aromatic rings. The molecule has 3 atom stereocenters. The van der Waals surface area contributed by atoms with Crippen molar-refractivity contribution in [2.45, 2.75) is 56.6 Å². The molecule has 1 amide bonds. The van der Waals surface area contributed by atoms with Gasteiger partial charge in [-0.15, -0.1) is 0 Å². The van der Waals surface area contributed by atoms with Crippen molar-refractivity contribution in [1.29, 1.82) is 0 Å². The highest BCUT2D eigenvalue weighted by molar-refractivity contribution is 7.89. The molecule has 3 aliphatic rings. The van der Waals surface area contributed by atoms with Crippen LogP contribution in [0.3, 0.4) is 0 Å². The van der Waals surface area contributed by atoms with E-state index in [0.29, 0.717) is 18.0 Å². The van der Waals surface area contributed by atoms with Gasteiger partial charge in [0.25, 0.3) is 0 Å². The van der Waals surface area contributed by atoms with Gasteiger partial charge in [0, 0.05) is 43.0 Å². The lowest BCUT2D eigenvalue weighted by molar-refractivity contribution is -0.132. The van der Waals surface area contributed by atoms with Crippen LogP contribution < -0.4 is 4.74 Å². The van der Waals surface area contributed by atoms with Crippen LogP contribution in [0.15, 0.2) is 23.1 Å². The molecule has 4 rings (SSSR count). The number of fused-ring (bicyclic) bond motifs is 1. The van der Waals surface area contributed by atoms with Gasteiger partial charge in [-0.2, -0.15) is 4.31 Å². The first-order valence-corrected chi connectivity index (χ1v) is 12.8. The number of ether oxygens (including phenoxy) is 1. The maximum Gasteiger partial charge on any atom is 0.247 e. The third kappa shape index (κ3) is 4.95. The van der Waals surface area contributed by atoms with E-state index >= 15 is 0 Å². The first-order chi connectivity index (χ1) is 15.2. The molecule has 2 saturated carbocycles. The minimum atomic E-state index is -3.87. The molecule has 2 fully saturated rings. The van der Waals surface area contributed by atoms with Gasteiger partial charge in [0.1, 0.15) is 16.7 Å². The van der Waals surface area contributed by atoms with Crippen molar-refractivity contribution in [2.75, 3.05) is 26.7 Å². The molecular weight excluding hydrogens is 428 g/mol. The molecule has 0 saturated heterocycles. The minimum Gasteiger partial charge on any atom is -0.487 e. The quantitative estimate of drug-likeness (QED) is 0.680. The lowest BCUT2D eigenvalue weighted by Crippen LogP contribution is -2.50. The summed E-state index contributed by atoms with van der Waals surface area (Å²) in [6.07, 6.45) is 3.68. The SMILES string of the molecule is C[C@H]1CN([C@@H](C)CO)S(=O)(=O)c2ccc(C#CC3CC3)cc2O[C@@H]1CN(C)C(=O)C1CC1.